The Labute approximate surface area is 115 Å². The highest BCUT2D eigenvalue weighted by Gasteiger charge is 2.26. The first kappa shape index (κ1) is 14.0. The van der Waals surface area contributed by atoms with Gasteiger partial charge in [0.05, 0.1) is 0 Å². The summed E-state index contributed by atoms with van der Waals surface area (Å²) in [6.45, 7) is 1.00. The number of carbonyl (C=O) groups excluding carboxylic acids is 1. The number of hydrogen-bond donors (Lipinski definition) is 4. The standard InChI is InChI=1S/C13H17N3O4/c14-12(15-20)8-3-5-16(6-4-8)13(19)9-1-2-10(17)11(18)7-9/h1-2,7-8,17-18,20H,3-6H2,(H2,14,15). The van der Waals surface area contributed by atoms with Crippen molar-refractivity contribution in [2.45, 2.75) is 12.8 Å². The fourth-order valence-electron chi connectivity index (χ4n) is 2.30. The van der Waals surface area contributed by atoms with Gasteiger partial charge in [-0.25, -0.2) is 0 Å². The zero-order chi connectivity index (χ0) is 14.7. The van der Waals surface area contributed by atoms with E-state index in [4.69, 9.17) is 10.9 Å². The molecule has 7 nitrogen and oxygen atoms in total. The maximum Gasteiger partial charge on any atom is 0.253 e. The lowest BCUT2D eigenvalue weighted by Crippen LogP contribution is -2.41. The predicted octanol–water partition coefficient (Wildman–Crippen LogP) is 0.696. The van der Waals surface area contributed by atoms with Crippen molar-refractivity contribution in [1.82, 2.24) is 4.90 Å². The zero-order valence-electron chi connectivity index (χ0n) is 10.9. The molecule has 1 aliphatic heterocycles. The third kappa shape index (κ3) is 2.76. The Morgan fingerprint density at radius 2 is 1.90 bits per heavy atom. The normalized spacial score (nSPS) is 17.2. The molecule has 1 saturated heterocycles. The van der Waals surface area contributed by atoms with E-state index in [1.807, 2.05) is 0 Å². The third-order valence-corrected chi connectivity index (χ3v) is 3.54. The largest absolute Gasteiger partial charge is 0.504 e. The number of aromatic hydroxyl groups is 2. The van der Waals surface area contributed by atoms with E-state index in [0.29, 0.717) is 31.5 Å². The molecule has 1 fully saturated rings. The van der Waals surface area contributed by atoms with Gasteiger partial charge in [-0.05, 0) is 31.0 Å². The van der Waals surface area contributed by atoms with Gasteiger partial charge in [0.1, 0.15) is 5.84 Å². The minimum absolute atomic E-state index is 0.0164. The summed E-state index contributed by atoms with van der Waals surface area (Å²) >= 11 is 0. The van der Waals surface area contributed by atoms with E-state index in [9.17, 15) is 15.0 Å². The van der Waals surface area contributed by atoms with Crippen LogP contribution in [0.4, 0.5) is 0 Å². The number of amidine groups is 1. The van der Waals surface area contributed by atoms with Crippen molar-refractivity contribution in [1.29, 1.82) is 0 Å². The number of likely N-dealkylation sites (tertiary alicyclic amines) is 1. The molecule has 0 atom stereocenters. The summed E-state index contributed by atoms with van der Waals surface area (Å²) in [5.74, 6) is -0.607. The molecule has 1 amide bonds. The van der Waals surface area contributed by atoms with E-state index < -0.39 is 0 Å². The van der Waals surface area contributed by atoms with Gasteiger partial charge in [-0.2, -0.15) is 0 Å². The molecule has 5 N–H and O–H groups in total. The zero-order valence-corrected chi connectivity index (χ0v) is 10.9. The van der Waals surface area contributed by atoms with Crippen molar-refractivity contribution in [2.24, 2.45) is 16.8 Å². The Bertz CT molecular complexity index is 536. The second kappa shape index (κ2) is 5.68. The molecule has 0 radical (unpaired) electrons. The molecule has 1 aromatic carbocycles. The average Bonchev–Trinajstić information content (AvgIpc) is 2.48. The Kier molecular flexibility index (Phi) is 3.97. The lowest BCUT2D eigenvalue weighted by Gasteiger charge is -2.31. The van der Waals surface area contributed by atoms with Crippen LogP contribution in [0.5, 0.6) is 11.5 Å². The molecular weight excluding hydrogens is 262 g/mol. The number of phenols is 2. The smallest absolute Gasteiger partial charge is 0.253 e. The van der Waals surface area contributed by atoms with Crippen molar-refractivity contribution in [3.8, 4) is 11.5 Å². The minimum atomic E-state index is -0.317. The molecule has 0 bridgehead atoms. The number of benzene rings is 1. The average molecular weight is 279 g/mol. The van der Waals surface area contributed by atoms with Crippen LogP contribution in [-0.2, 0) is 0 Å². The van der Waals surface area contributed by atoms with Gasteiger partial charge in [0, 0.05) is 24.6 Å². The number of nitrogens with zero attached hydrogens (tertiary/aromatic N) is 2. The van der Waals surface area contributed by atoms with E-state index in [0.717, 1.165) is 0 Å². The van der Waals surface area contributed by atoms with Gasteiger partial charge in [-0.1, -0.05) is 5.16 Å². The number of carbonyl (C=O) groups is 1. The molecule has 1 aliphatic rings. The molecule has 0 aromatic heterocycles. The summed E-state index contributed by atoms with van der Waals surface area (Å²) in [4.78, 5) is 13.9. The van der Waals surface area contributed by atoms with Crippen molar-refractivity contribution < 1.29 is 20.2 Å². The lowest BCUT2D eigenvalue weighted by atomic mass is 9.95. The highest BCUT2D eigenvalue weighted by atomic mass is 16.4. The Hall–Kier alpha value is -2.44. The minimum Gasteiger partial charge on any atom is -0.504 e. The van der Waals surface area contributed by atoms with Crippen molar-refractivity contribution in [2.75, 3.05) is 13.1 Å². The SMILES string of the molecule is N/C(=N/O)C1CCN(C(=O)c2ccc(O)c(O)c2)CC1. The van der Waals surface area contributed by atoms with Crippen LogP contribution in [0.15, 0.2) is 23.4 Å². The Morgan fingerprint density at radius 3 is 2.45 bits per heavy atom. The molecule has 1 heterocycles. The second-order valence-electron chi connectivity index (χ2n) is 4.79. The first-order chi connectivity index (χ1) is 9.52. The molecule has 1 aromatic rings. The van der Waals surface area contributed by atoms with Gasteiger partial charge >= 0.3 is 0 Å². The van der Waals surface area contributed by atoms with E-state index in [1.54, 1.807) is 4.90 Å². The molecule has 0 saturated carbocycles. The highest BCUT2D eigenvalue weighted by molar-refractivity contribution is 5.95. The second-order valence-corrected chi connectivity index (χ2v) is 4.79. The lowest BCUT2D eigenvalue weighted by molar-refractivity contribution is 0.0708. The first-order valence-electron chi connectivity index (χ1n) is 6.31. The molecule has 0 aliphatic carbocycles. The number of rotatable bonds is 2. The van der Waals surface area contributed by atoms with Crippen LogP contribution < -0.4 is 5.73 Å². The molecule has 7 heteroatoms. The summed E-state index contributed by atoms with van der Waals surface area (Å²) in [5.41, 5.74) is 5.87. The van der Waals surface area contributed by atoms with Gasteiger partial charge < -0.3 is 26.1 Å². The van der Waals surface area contributed by atoms with Crippen LogP contribution in [0.3, 0.4) is 0 Å². The van der Waals surface area contributed by atoms with E-state index in [1.165, 1.54) is 18.2 Å². The predicted molar refractivity (Wildman–Crippen MR) is 71.8 cm³/mol. The van der Waals surface area contributed by atoms with Crippen LogP contribution in [0, 0.1) is 5.92 Å². The Balaban J connectivity index is 2.03. The van der Waals surface area contributed by atoms with Gasteiger partial charge in [0.25, 0.3) is 5.91 Å². The number of piperidine rings is 1. The number of phenolic OH excluding ortho intramolecular Hbond substituents is 2. The molecule has 2 rings (SSSR count). The van der Waals surface area contributed by atoms with Crippen molar-refractivity contribution in [3.05, 3.63) is 23.8 Å². The maximum atomic E-state index is 12.2. The summed E-state index contributed by atoms with van der Waals surface area (Å²) < 4.78 is 0. The van der Waals surface area contributed by atoms with Gasteiger partial charge in [0.2, 0.25) is 0 Å². The highest BCUT2D eigenvalue weighted by Crippen LogP contribution is 2.26. The number of nitrogens with two attached hydrogens (primary N) is 1. The number of hydrogen-bond acceptors (Lipinski definition) is 5. The van der Waals surface area contributed by atoms with E-state index in [2.05, 4.69) is 5.16 Å². The Morgan fingerprint density at radius 1 is 1.25 bits per heavy atom. The van der Waals surface area contributed by atoms with E-state index in [-0.39, 0.29) is 29.2 Å². The molecule has 108 valence electrons. The monoisotopic (exact) mass is 279 g/mol. The fourth-order valence-corrected chi connectivity index (χ4v) is 2.30. The number of oxime groups is 1. The van der Waals surface area contributed by atoms with Crippen LogP contribution in [0.1, 0.15) is 23.2 Å². The van der Waals surface area contributed by atoms with E-state index >= 15 is 0 Å². The summed E-state index contributed by atoms with van der Waals surface area (Å²) in [7, 11) is 0. The third-order valence-electron chi connectivity index (χ3n) is 3.54. The molecule has 20 heavy (non-hydrogen) atoms. The van der Waals surface area contributed by atoms with Crippen molar-refractivity contribution in [3.63, 3.8) is 0 Å². The maximum absolute atomic E-state index is 12.2. The first-order valence-corrected chi connectivity index (χ1v) is 6.31. The van der Waals surface area contributed by atoms with Crippen LogP contribution in [-0.4, -0.2) is 45.2 Å². The molecular formula is C13H17N3O4. The van der Waals surface area contributed by atoms with Crippen molar-refractivity contribution >= 4 is 11.7 Å². The van der Waals surface area contributed by atoms with Crippen LogP contribution in [0.25, 0.3) is 0 Å². The van der Waals surface area contributed by atoms with Crippen LogP contribution >= 0.6 is 0 Å². The topological polar surface area (TPSA) is 119 Å². The number of amides is 1. The molecule has 0 spiro atoms. The van der Waals surface area contributed by atoms with Gasteiger partial charge in [-0.15, -0.1) is 0 Å². The summed E-state index contributed by atoms with van der Waals surface area (Å²) in [6, 6.07) is 3.99. The summed E-state index contributed by atoms with van der Waals surface area (Å²) in [5, 5.41) is 30.3. The fraction of sp³-hybridized carbons (Fsp3) is 0.385. The van der Waals surface area contributed by atoms with Crippen LogP contribution in [0.2, 0.25) is 0 Å². The summed E-state index contributed by atoms with van der Waals surface area (Å²) in [6.07, 6.45) is 1.26. The molecule has 0 unspecified atom stereocenters. The quantitative estimate of drug-likeness (QED) is 0.209. The van der Waals surface area contributed by atoms with Gasteiger partial charge in [0.15, 0.2) is 11.5 Å². The van der Waals surface area contributed by atoms with Gasteiger partial charge in [-0.3, -0.25) is 4.79 Å².